The van der Waals surface area contributed by atoms with Gasteiger partial charge in [-0.2, -0.15) is 0 Å². The van der Waals surface area contributed by atoms with Gasteiger partial charge in [-0.25, -0.2) is 0 Å². The van der Waals surface area contributed by atoms with E-state index in [1.54, 1.807) is 0 Å². The second-order valence-electron chi connectivity index (χ2n) is 7.58. The van der Waals surface area contributed by atoms with Crippen LogP contribution in [0.3, 0.4) is 0 Å². The summed E-state index contributed by atoms with van der Waals surface area (Å²) >= 11 is 0. The minimum Gasteiger partial charge on any atom is -0.387 e. The second kappa shape index (κ2) is 9.02. The van der Waals surface area contributed by atoms with Gasteiger partial charge in [0.05, 0.1) is 6.04 Å². The zero-order valence-electron chi connectivity index (χ0n) is 16.5. The molecule has 28 heavy (non-hydrogen) atoms. The average molecular weight is 380 g/mol. The summed E-state index contributed by atoms with van der Waals surface area (Å²) in [5, 5.41) is 12.3. The van der Waals surface area contributed by atoms with E-state index in [1.807, 2.05) is 30.3 Å². The predicted octanol–water partition coefficient (Wildman–Crippen LogP) is 3.00. The third-order valence-electron chi connectivity index (χ3n) is 5.37. The van der Waals surface area contributed by atoms with Crippen molar-refractivity contribution in [2.75, 3.05) is 13.2 Å². The second-order valence-corrected chi connectivity index (χ2v) is 7.58. The van der Waals surface area contributed by atoms with Crippen LogP contribution in [0.1, 0.15) is 55.3 Å². The number of hydrogen-bond donors (Lipinski definition) is 2. The smallest absolute Gasteiger partial charge is 0.248 e. The SMILES string of the molecule is CC(C)c1ccc([C@@H](NC(=O)[C@@H]2CCCN2C(=O)CO)c2ccccc2)cc1. The molecule has 0 unspecified atom stereocenters. The van der Waals surface area contributed by atoms with Gasteiger partial charge in [-0.1, -0.05) is 68.4 Å². The van der Waals surface area contributed by atoms with Gasteiger partial charge >= 0.3 is 0 Å². The maximum absolute atomic E-state index is 13.0. The largest absolute Gasteiger partial charge is 0.387 e. The highest BCUT2D eigenvalue weighted by atomic mass is 16.3. The quantitative estimate of drug-likeness (QED) is 0.809. The van der Waals surface area contributed by atoms with E-state index in [0.29, 0.717) is 18.9 Å². The third kappa shape index (κ3) is 4.42. The first-order chi connectivity index (χ1) is 13.5. The summed E-state index contributed by atoms with van der Waals surface area (Å²) in [4.78, 5) is 26.5. The molecule has 5 nitrogen and oxygen atoms in total. The van der Waals surface area contributed by atoms with E-state index in [1.165, 1.54) is 10.5 Å². The number of amides is 2. The molecule has 1 fully saturated rings. The minimum absolute atomic E-state index is 0.180. The van der Waals surface area contributed by atoms with Crippen LogP contribution < -0.4 is 5.32 Å². The molecule has 1 aliphatic heterocycles. The number of benzene rings is 2. The lowest BCUT2D eigenvalue weighted by atomic mass is 9.95. The molecule has 0 bridgehead atoms. The van der Waals surface area contributed by atoms with E-state index in [2.05, 4.69) is 43.4 Å². The number of aliphatic hydroxyl groups excluding tert-OH is 1. The normalized spacial score (nSPS) is 17.6. The summed E-state index contributed by atoms with van der Waals surface area (Å²) in [7, 11) is 0. The Morgan fingerprint density at radius 2 is 1.64 bits per heavy atom. The Morgan fingerprint density at radius 1 is 1.04 bits per heavy atom. The summed E-state index contributed by atoms with van der Waals surface area (Å²) in [6.45, 7) is 4.25. The van der Waals surface area contributed by atoms with Crippen molar-refractivity contribution in [3.05, 3.63) is 71.3 Å². The number of likely N-dealkylation sites (tertiary alicyclic amines) is 1. The Labute approximate surface area is 166 Å². The van der Waals surface area contributed by atoms with Crippen molar-refractivity contribution >= 4 is 11.8 Å². The molecule has 0 radical (unpaired) electrons. The first kappa shape index (κ1) is 20.1. The fourth-order valence-corrected chi connectivity index (χ4v) is 3.75. The Balaban J connectivity index is 1.85. The molecule has 2 amide bonds. The van der Waals surface area contributed by atoms with Crippen LogP contribution in [-0.4, -0.2) is 41.0 Å². The summed E-state index contributed by atoms with van der Waals surface area (Å²) in [5.74, 6) is -0.133. The maximum Gasteiger partial charge on any atom is 0.248 e. The summed E-state index contributed by atoms with van der Waals surface area (Å²) < 4.78 is 0. The molecule has 1 heterocycles. The Hall–Kier alpha value is -2.66. The summed E-state index contributed by atoms with van der Waals surface area (Å²) in [6.07, 6.45) is 1.38. The monoisotopic (exact) mass is 380 g/mol. The van der Waals surface area contributed by atoms with Gasteiger partial charge in [0.15, 0.2) is 0 Å². The molecule has 0 aromatic heterocycles. The molecule has 2 aromatic carbocycles. The molecule has 2 atom stereocenters. The first-order valence-corrected chi connectivity index (χ1v) is 9.86. The standard InChI is InChI=1S/C23H28N2O3/c1-16(2)17-10-12-19(13-11-17)22(18-7-4-3-5-8-18)24-23(28)20-9-6-14-25(20)21(27)15-26/h3-5,7-8,10-13,16,20,22,26H,6,9,14-15H2,1-2H3,(H,24,28)/t20-,22-/m0/s1. The summed E-state index contributed by atoms with van der Waals surface area (Å²) in [6, 6.07) is 17.3. The highest BCUT2D eigenvalue weighted by Crippen LogP contribution is 2.26. The van der Waals surface area contributed by atoms with Gasteiger partial charge < -0.3 is 15.3 Å². The van der Waals surface area contributed by atoms with Crippen LogP contribution in [0.5, 0.6) is 0 Å². The average Bonchev–Trinajstić information content (AvgIpc) is 3.22. The number of nitrogens with one attached hydrogen (secondary N) is 1. The molecule has 1 saturated heterocycles. The van der Waals surface area contributed by atoms with E-state index >= 15 is 0 Å². The van der Waals surface area contributed by atoms with Crippen molar-refractivity contribution in [3.8, 4) is 0 Å². The molecule has 0 saturated carbocycles. The molecule has 0 spiro atoms. The van der Waals surface area contributed by atoms with Gasteiger partial charge in [0.25, 0.3) is 0 Å². The van der Waals surface area contributed by atoms with E-state index in [9.17, 15) is 14.7 Å². The zero-order chi connectivity index (χ0) is 20.1. The van der Waals surface area contributed by atoms with Gasteiger partial charge in [-0.3, -0.25) is 9.59 Å². The van der Waals surface area contributed by atoms with Crippen molar-refractivity contribution in [2.45, 2.75) is 44.7 Å². The molecule has 1 aliphatic rings. The minimum atomic E-state index is -0.567. The van der Waals surface area contributed by atoms with Crippen LogP contribution in [0.15, 0.2) is 54.6 Å². The van der Waals surface area contributed by atoms with Gasteiger partial charge in [-0.15, -0.1) is 0 Å². The van der Waals surface area contributed by atoms with Crippen LogP contribution in [0.4, 0.5) is 0 Å². The molecule has 5 heteroatoms. The Bertz CT molecular complexity index is 802. The van der Waals surface area contributed by atoms with Crippen LogP contribution >= 0.6 is 0 Å². The first-order valence-electron chi connectivity index (χ1n) is 9.86. The molecule has 2 N–H and O–H groups in total. The maximum atomic E-state index is 13.0. The number of rotatable bonds is 6. The topological polar surface area (TPSA) is 69.6 Å². The summed E-state index contributed by atoms with van der Waals surface area (Å²) in [5.41, 5.74) is 3.24. The molecule has 3 rings (SSSR count). The molecule has 2 aromatic rings. The fraction of sp³-hybridized carbons (Fsp3) is 0.391. The van der Waals surface area contributed by atoms with Crippen molar-refractivity contribution in [3.63, 3.8) is 0 Å². The highest BCUT2D eigenvalue weighted by molar-refractivity contribution is 5.89. The van der Waals surface area contributed by atoms with Gasteiger partial charge in [-0.05, 0) is 35.4 Å². The number of carbonyl (C=O) groups excluding carboxylic acids is 2. The van der Waals surface area contributed by atoms with Gasteiger partial charge in [0.2, 0.25) is 11.8 Å². The molecule has 148 valence electrons. The lowest BCUT2D eigenvalue weighted by Crippen LogP contribution is -2.47. The van der Waals surface area contributed by atoms with E-state index in [-0.39, 0.29) is 11.9 Å². The molecule has 0 aliphatic carbocycles. The number of hydrogen-bond acceptors (Lipinski definition) is 3. The van der Waals surface area contributed by atoms with Gasteiger partial charge in [0, 0.05) is 6.54 Å². The zero-order valence-corrected chi connectivity index (χ0v) is 16.5. The van der Waals surface area contributed by atoms with E-state index < -0.39 is 18.6 Å². The lowest BCUT2D eigenvalue weighted by molar-refractivity contribution is -0.140. The number of aliphatic hydroxyl groups is 1. The Morgan fingerprint density at radius 3 is 2.25 bits per heavy atom. The predicted molar refractivity (Wildman–Crippen MR) is 109 cm³/mol. The number of nitrogens with zero attached hydrogens (tertiary/aromatic N) is 1. The van der Waals surface area contributed by atoms with Crippen LogP contribution in [0.2, 0.25) is 0 Å². The lowest BCUT2D eigenvalue weighted by Gasteiger charge is -2.27. The number of carbonyl (C=O) groups is 2. The van der Waals surface area contributed by atoms with Crippen molar-refractivity contribution in [2.24, 2.45) is 0 Å². The molecular weight excluding hydrogens is 352 g/mol. The van der Waals surface area contributed by atoms with Crippen LogP contribution in [0.25, 0.3) is 0 Å². The third-order valence-corrected chi connectivity index (χ3v) is 5.37. The van der Waals surface area contributed by atoms with Crippen molar-refractivity contribution < 1.29 is 14.7 Å². The fourth-order valence-electron chi connectivity index (χ4n) is 3.75. The van der Waals surface area contributed by atoms with Crippen molar-refractivity contribution in [1.82, 2.24) is 10.2 Å². The van der Waals surface area contributed by atoms with E-state index in [0.717, 1.165) is 17.5 Å². The van der Waals surface area contributed by atoms with Gasteiger partial charge in [0.1, 0.15) is 12.6 Å². The van der Waals surface area contributed by atoms with Crippen LogP contribution in [0, 0.1) is 0 Å². The molecular formula is C23H28N2O3. The highest BCUT2D eigenvalue weighted by Gasteiger charge is 2.34. The van der Waals surface area contributed by atoms with E-state index in [4.69, 9.17) is 0 Å². The van der Waals surface area contributed by atoms with Crippen molar-refractivity contribution in [1.29, 1.82) is 0 Å². The van der Waals surface area contributed by atoms with Crippen LogP contribution in [-0.2, 0) is 9.59 Å². The Kier molecular flexibility index (Phi) is 6.47.